The molecule has 0 aromatic heterocycles. The van der Waals surface area contributed by atoms with Crippen molar-refractivity contribution in [2.24, 2.45) is 0 Å². The molecule has 70 valence electrons. The SMILES string of the molecule is CCOC1(C(=O)O)CCCOC1. The zero-order valence-electron chi connectivity index (χ0n) is 7.21. The topological polar surface area (TPSA) is 55.8 Å². The predicted octanol–water partition coefficient (Wildman–Crippen LogP) is 0.657. The third-order valence-electron chi connectivity index (χ3n) is 2.01. The maximum Gasteiger partial charge on any atom is 0.338 e. The van der Waals surface area contributed by atoms with Gasteiger partial charge in [-0.15, -0.1) is 0 Å². The second-order valence-corrected chi connectivity index (χ2v) is 2.89. The highest BCUT2D eigenvalue weighted by molar-refractivity contribution is 5.77. The summed E-state index contributed by atoms with van der Waals surface area (Å²) in [5.74, 6) is -0.913. The minimum Gasteiger partial charge on any atom is -0.479 e. The van der Waals surface area contributed by atoms with Crippen molar-refractivity contribution in [2.75, 3.05) is 19.8 Å². The van der Waals surface area contributed by atoms with E-state index in [0.29, 0.717) is 19.6 Å². The maximum atomic E-state index is 10.9. The van der Waals surface area contributed by atoms with Crippen molar-refractivity contribution in [3.05, 3.63) is 0 Å². The Kier molecular flexibility index (Phi) is 3.05. The maximum absolute atomic E-state index is 10.9. The Morgan fingerprint density at radius 1 is 1.75 bits per heavy atom. The van der Waals surface area contributed by atoms with Crippen LogP contribution < -0.4 is 0 Å². The van der Waals surface area contributed by atoms with Gasteiger partial charge in [-0.3, -0.25) is 0 Å². The minimum absolute atomic E-state index is 0.177. The number of hydrogen-bond donors (Lipinski definition) is 1. The van der Waals surface area contributed by atoms with Crippen molar-refractivity contribution >= 4 is 5.97 Å². The second kappa shape index (κ2) is 3.87. The van der Waals surface area contributed by atoms with E-state index in [0.717, 1.165) is 6.42 Å². The van der Waals surface area contributed by atoms with Crippen molar-refractivity contribution in [3.63, 3.8) is 0 Å². The van der Waals surface area contributed by atoms with Gasteiger partial charge in [0, 0.05) is 13.2 Å². The lowest BCUT2D eigenvalue weighted by atomic mass is 9.97. The summed E-state index contributed by atoms with van der Waals surface area (Å²) in [5.41, 5.74) is -1.08. The highest BCUT2D eigenvalue weighted by Crippen LogP contribution is 2.23. The van der Waals surface area contributed by atoms with E-state index in [1.54, 1.807) is 6.92 Å². The Bertz CT molecular complexity index is 155. The van der Waals surface area contributed by atoms with Crippen LogP contribution in [0.5, 0.6) is 0 Å². The van der Waals surface area contributed by atoms with E-state index in [-0.39, 0.29) is 6.61 Å². The van der Waals surface area contributed by atoms with E-state index in [1.165, 1.54) is 0 Å². The van der Waals surface area contributed by atoms with Crippen LogP contribution in [-0.2, 0) is 14.3 Å². The van der Waals surface area contributed by atoms with E-state index < -0.39 is 11.6 Å². The summed E-state index contributed by atoms with van der Waals surface area (Å²) in [6, 6.07) is 0. The van der Waals surface area contributed by atoms with Crippen LogP contribution in [0, 0.1) is 0 Å². The van der Waals surface area contributed by atoms with Crippen molar-refractivity contribution in [1.29, 1.82) is 0 Å². The van der Waals surface area contributed by atoms with Crippen LogP contribution >= 0.6 is 0 Å². The fourth-order valence-electron chi connectivity index (χ4n) is 1.39. The first-order valence-electron chi connectivity index (χ1n) is 4.16. The Balaban J connectivity index is 2.63. The number of carboxylic acids is 1. The average molecular weight is 174 g/mol. The molecule has 1 aliphatic rings. The molecule has 0 aliphatic carbocycles. The standard InChI is InChI=1S/C8H14O4/c1-2-12-8(7(9)10)4-3-5-11-6-8/h2-6H2,1H3,(H,9,10). The van der Waals surface area contributed by atoms with Gasteiger partial charge in [-0.2, -0.15) is 0 Å². The average Bonchev–Trinajstić information content (AvgIpc) is 2.06. The molecular weight excluding hydrogens is 160 g/mol. The molecule has 1 atom stereocenters. The Labute approximate surface area is 71.5 Å². The minimum atomic E-state index is -1.08. The summed E-state index contributed by atoms with van der Waals surface area (Å²) in [4.78, 5) is 10.9. The van der Waals surface area contributed by atoms with Crippen LogP contribution in [0.1, 0.15) is 19.8 Å². The first-order chi connectivity index (χ1) is 5.71. The molecule has 0 spiro atoms. The second-order valence-electron chi connectivity index (χ2n) is 2.89. The molecule has 1 N–H and O–H groups in total. The van der Waals surface area contributed by atoms with Crippen molar-refractivity contribution < 1.29 is 19.4 Å². The lowest BCUT2D eigenvalue weighted by Gasteiger charge is -2.32. The fourth-order valence-corrected chi connectivity index (χ4v) is 1.39. The summed E-state index contributed by atoms with van der Waals surface area (Å²) in [7, 11) is 0. The number of ether oxygens (including phenoxy) is 2. The number of carbonyl (C=O) groups is 1. The van der Waals surface area contributed by atoms with E-state index in [1.807, 2.05) is 0 Å². The predicted molar refractivity (Wildman–Crippen MR) is 42.0 cm³/mol. The van der Waals surface area contributed by atoms with Crippen LogP contribution in [-0.4, -0.2) is 36.5 Å². The number of aliphatic carboxylic acids is 1. The molecule has 12 heavy (non-hydrogen) atoms. The lowest BCUT2D eigenvalue weighted by Crippen LogP contribution is -2.48. The van der Waals surface area contributed by atoms with Crippen LogP contribution in [0.2, 0.25) is 0 Å². The van der Waals surface area contributed by atoms with Gasteiger partial charge in [-0.25, -0.2) is 4.79 Å². The monoisotopic (exact) mass is 174 g/mol. The molecule has 0 radical (unpaired) electrons. The Morgan fingerprint density at radius 3 is 2.92 bits per heavy atom. The highest BCUT2D eigenvalue weighted by Gasteiger charge is 2.41. The van der Waals surface area contributed by atoms with Gasteiger partial charge >= 0.3 is 5.97 Å². The third kappa shape index (κ3) is 1.76. The van der Waals surface area contributed by atoms with Crippen LogP contribution in [0.4, 0.5) is 0 Å². The summed E-state index contributed by atoms with van der Waals surface area (Å²) in [6.45, 7) is 3.02. The first kappa shape index (κ1) is 9.48. The molecule has 0 aromatic rings. The van der Waals surface area contributed by atoms with Crippen LogP contribution in [0.3, 0.4) is 0 Å². The summed E-state index contributed by atoms with van der Waals surface area (Å²) in [6.07, 6.45) is 1.31. The molecule has 1 heterocycles. The molecule has 4 heteroatoms. The summed E-state index contributed by atoms with van der Waals surface area (Å²) in [5, 5.41) is 8.91. The molecule has 1 rings (SSSR count). The van der Waals surface area contributed by atoms with E-state index >= 15 is 0 Å². The molecule has 1 unspecified atom stereocenters. The largest absolute Gasteiger partial charge is 0.479 e. The van der Waals surface area contributed by atoms with Gasteiger partial charge in [0.15, 0.2) is 5.60 Å². The Morgan fingerprint density at radius 2 is 2.50 bits per heavy atom. The number of hydrogen-bond acceptors (Lipinski definition) is 3. The molecular formula is C8H14O4. The van der Waals surface area contributed by atoms with Gasteiger partial charge in [0.1, 0.15) is 0 Å². The van der Waals surface area contributed by atoms with Gasteiger partial charge < -0.3 is 14.6 Å². The molecule has 4 nitrogen and oxygen atoms in total. The fraction of sp³-hybridized carbons (Fsp3) is 0.875. The van der Waals surface area contributed by atoms with E-state index in [9.17, 15) is 4.79 Å². The Hall–Kier alpha value is -0.610. The van der Waals surface area contributed by atoms with Crippen LogP contribution in [0.25, 0.3) is 0 Å². The third-order valence-corrected chi connectivity index (χ3v) is 2.01. The molecule has 1 aliphatic heterocycles. The normalized spacial score (nSPS) is 30.1. The molecule has 0 aromatic carbocycles. The first-order valence-corrected chi connectivity index (χ1v) is 4.16. The highest BCUT2D eigenvalue weighted by atomic mass is 16.6. The van der Waals surface area contributed by atoms with E-state index in [4.69, 9.17) is 14.6 Å². The smallest absolute Gasteiger partial charge is 0.338 e. The number of carboxylic acid groups (broad SMARTS) is 1. The van der Waals surface area contributed by atoms with Gasteiger partial charge in [0.05, 0.1) is 6.61 Å². The van der Waals surface area contributed by atoms with Crippen molar-refractivity contribution in [2.45, 2.75) is 25.4 Å². The zero-order valence-corrected chi connectivity index (χ0v) is 7.21. The lowest BCUT2D eigenvalue weighted by molar-refractivity contribution is -0.182. The quantitative estimate of drug-likeness (QED) is 0.682. The molecule has 1 fully saturated rings. The van der Waals surface area contributed by atoms with Crippen molar-refractivity contribution in [1.82, 2.24) is 0 Å². The molecule has 0 bridgehead atoms. The zero-order chi connectivity index (χ0) is 9.03. The molecule has 0 saturated carbocycles. The van der Waals surface area contributed by atoms with Crippen LogP contribution in [0.15, 0.2) is 0 Å². The molecule has 1 saturated heterocycles. The van der Waals surface area contributed by atoms with E-state index in [2.05, 4.69) is 0 Å². The van der Waals surface area contributed by atoms with Gasteiger partial charge in [0.25, 0.3) is 0 Å². The number of rotatable bonds is 3. The van der Waals surface area contributed by atoms with Gasteiger partial charge in [0.2, 0.25) is 0 Å². The van der Waals surface area contributed by atoms with Gasteiger partial charge in [-0.1, -0.05) is 0 Å². The van der Waals surface area contributed by atoms with Gasteiger partial charge in [-0.05, 0) is 19.8 Å². The molecule has 0 amide bonds. The summed E-state index contributed by atoms with van der Waals surface area (Å²) >= 11 is 0. The van der Waals surface area contributed by atoms with Crippen molar-refractivity contribution in [3.8, 4) is 0 Å². The summed E-state index contributed by atoms with van der Waals surface area (Å²) < 4.78 is 10.3.